The van der Waals surface area contributed by atoms with Crippen LogP contribution >= 0.6 is 0 Å². The molecule has 0 unspecified atom stereocenters. The molecular formula is C14H21N3O4. The van der Waals surface area contributed by atoms with Gasteiger partial charge in [-0.3, -0.25) is 0 Å². The lowest BCUT2D eigenvalue weighted by Gasteiger charge is -2.26. The molecule has 7 nitrogen and oxygen atoms in total. The van der Waals surface area contributed by atoms with Crippen molar-refractivity contribution in [3.8, 4) is 5.75 Å². The average molecular weight is 295 g/mol. The zero-order valence-corrected chi connectivity index (χ0v) is 12.4. The summed E-state index contributed by atoms with van der Waals surface area (Å²) in [5.41, 5.74) is 5.07. The van der Waals surface area contributed by atoms with Gasteiger partial charge in [-0.05, 0) is 32.9 Å². The molecule has 0 heterocycles. The Morgan fingerprint density at radius 1 is 1.38 bits per heavy atom. The maximum atomic E-state index is 12.1. The van der Waals surface area contributed by atoms with Crippen LogP contribution in [0.4, 0.5) is 15.3 Å². The Morgan fingerprint density at radius 3 is 2.57 bits per heavy atom. The van der Waals surface area contributed by atoms with Gasteiger partial charge in [-0.1, -0.05) is 6.07 Å². The van der Waals surface area contributed by atoms with Gasteiger partial charge in [0, 0.05) is 24.8 Å². The van der Waals surface area contributed by atoms with Gasteiger partial charge in [-0.2, -0.15) is 0 Å². The Balaban J connectivity index is 2.80. The number of amides is 3. The number of nitrogens with one attached hydrogen (secondary N) is 1. The number of nitrogens with zero attached hydrogens (tertiary/aromatic N) is 1. The lowest BCUT2D eigenvalue weighted by molar-refractivity contribution is 0.0337. The quantitative estimate of drug-likeness (QED) is 0.792. The van der Waals surface area contributed by atoms with E-state index in [0.29, 0.717) is 5.69 Å². The number of nitrogens with two attached hydrogens (primary N) is 1. The number of benzene rings is 1. The molecule has 0 saturated heterocycles. The van der Waals surface area contributed by atoms with Crippen LogP contribution in [-0.2, 0) is 4.74 Å². The van der Waals surface area contributed by atoms with E-state index in [2.05, 4.69) is 5.32 Å². The van der Waals surface area contributed by atoms with E-state index in [9.17, 15) is 14.7 Å². The van der Waals surface area contributed by atoms with Gasteiger partial charge < -0.3 is 20.9 Å². The Bertz CT molecular complexity index is 511. The molecule has 4 N–H and O–H groups in total. The second-order valence-corrected chi connectivity index (χ2v) is 5.40. The number of anilines is 1. The van der Waals surface area contributed by atoms with Gasteiger partial charge in [-0.25, -0.2) is 14.5 Å². The average Bonchev–Trinajstić information content (AvgIpc) is 2.33. The van der Waals surface area contributed by atoms with Crippen LogP contribution in [0.2, 0.25) is 0 Å². The molecule has 0 aliphatic carbocycles. The minimum Gasteiger partial charge on any atom is -0.508 e. The topological polar surface area (TPSA) is 105 Å². The molecule has 0 radical (unpaired) electrons. The second kappa shape index (κ2) is 6.94. The normalized spacial score (nSPS) is 10.9. The van der Waals surface area contributed by atoms with Crippen molar-refractivity contribution in [3.63, 3.8) is 0 Å². The summed E-state index contributed by atoms with van der Waals surface area (Å²) in [4.78, 5) is 25.0. The van der Waals surface area contributed by atoms with E-state index >= 15 is 0 Å². The largest absolute Gasteiger partial charge is 0.508 e. The molecule has 21 heavy (non-hydrogen) atoms. The van der Waals surface area contributed by atoms with Gasteiger partial charge >= 0.3 is 12.1 Å². The maximum absolute atomic E-state index is 12.1. The predicted octanol–water partition coefficient (Wildman–Crippen LogP) is 2.12. The smallest absolute Gasteiger partial charge is 0.418 e. The SMILES string of the molecule is CC(C)(C)OC(=O)N(CCN)C(=O)Nc1cccc(O)c1. The number of phenols is 1. The van der Waals surface area contributed by atoms with Gasteiger partial charge in [0.15, 0.2) is 0 Å². The minimum absolute atomic E-state index is 0.00967. The van der Waals surface area contributed by atoms with Crippen LogP contribution in [0, 0.1) is 0 Å². The lowest BCUT2D eigenvalue weighted by Crippen LogP contribution is -2.45. The molecule has 1 rings (SSSR count). The Morgan fingerprint density at radius 2 is 2.05 bits per heavy atom. The fourth-order valence-electron chi connectivity index (χ4n) is 1.50. The molecule has 0 fully saturated rings. The van der Waals surface area contributed by atoms with Gasteiger partial charge in [0.25, 0.3) is 0 Å². The highest BCUT2D eigenvalue weighted by Gasteiger charge is 2.26. The first-order valence-corrected chi connectivity index (χ1v) is 6.53. The van der Waals surface area contributed by atoms with E-state index in [0.717, 1.165) is 4.90 Å². The van der Waals surface area contributed by atoms with Crippen LogP contribution in [0.25, 0.3) is 0 Å². The lowest BCUT2D eigenvalue weighted by atomic mass is 10.2. The molecule has 7 heteroatoms. The van der Waals surface area contributed by atoms with Crippen molar-refractivity contribution >= 4 is 17.8 Å². The predicted molar refractivity (Wildman–Crippen MR) is 79.1 cm³/mol. The van der Waals surface area contributed by atoms with Gasteiger partial charge in [0.2, 0.25) is 0 Å². The standard InChI is InChI=1S/C14H21N3O4/c1-14(2,3)21-13(20)17(8-7-15)12(19)16-10-5-4-6-11(18)9-10/h4-6,9,18H,7-8,15H2,1-3H3,(H,16,19). The first-order chi connectivity index (χ1) is 9.73. The summed E-state index contributed by atoms with van der Waals surface area (Å²) < 4.78 is 5.16. The number of carbonyl (C=O) groups excluding carboxylic acids is 2. The molecule has 0 aliphatic rings. The fraction of sp³-hybridized carbons (Fsp3) is 0.429. The van der Waals surface area contributed by atoms with Gasteiger partial charge in [-0.15, -0.1) is 0 Å². The van der Waals surface area contributed by atoms with E-state index in [1.54, 1.807) is 32.9 Å². The summed E-state index contributed by atoms with van der Waals surface area (Å²) in [6, 6.07) is 5.34. The number of ether oxygens (including phenoxy) is 1. The van der Waals surface area contributed by atoms with Crippen molar-refractivity contribution in [2.45, 2.75) is 26.4 Å². The fourth-order valence-corrected chi connectivity index (χ4v) is 1.50. The summed E-state index contributed by atoms with van der Waals surface area (Å²) in [6.45, 7) is 5.27. The Kier molecular flexibility index (Phi) is 5.54. The van der Waals surface area contributed by atoms with Crippen molar-refractivity contribution in [1.82, 2.24) is 4.90 Å². The molecule has 1 aromatic carbocycles. The third kappa shape index (κ3) is 5.70. The minimum atomic E-state index is -0.773. The van der Waals surface area contributed by atoms with Gasteiger partial charge in [0.1, 0.15) is 11.4 Å². The number of hydrogen-bond acceptors (Lipinski definition) is 5. The molecule has 0 spiro atoms. The first-order valence-electron chi connectivity index (χ1n) is 6.53. The summed E-state index contributed by atoms with van der Waals surface area (Å²) in [5.74, 6) is 0.00967. The Labute approximate surface area is 123 Å². The summed E-state index contributed by atoms with van der Waals surface area (Å²) in [7, 11) is 0. The monoisotopic (exact) mass is 295 g/mol. The first kappa shape index (κ1) is 16.8. The van der Waals surface area contributed by atoms with Crippen molar-refractivity contribution in [3.05, 3.63) is 24.3 Å². The molecule has 116 valence electrons. The van der Waals surface area contributed by atoms with Crippen LogP contribution in [0.5, 0.6) is 5.75 Å². The zero-order chi connectivity index (χ0) is 16.0. The third-order valence-corrected chi connectivity index (χ3v) is 2.31. The second-order valence-electron chi connectivity index (χ2n) is 5.40. The number of imide groups is 1. The van der Waals surface area contributed by atoms with E-state index in [-0.39, 0.29) is 18.8 Å². The number of rotatable bonds is 3. The van der Waals surface area contributed by atoms with E-state index in [1.165, 1.54) is 12.1 Å². The van der Waals surface area contributed by atoms with E-state index in [1.807, 2.05) is 0 Å². The van der Waals surface area contributed by atoms with Crippen molar-refractivity contribution in [1.29, 1.82) is 0 Å². The third-order valence-electron chi connectivity index (χ3n) is 2.31. The molecule has 0 aromatic heterocycles. The van der Waals surface area contributed by atoms with Crippen LogP contribution in [0.1, 0.15) is 20.8 Å². The molecule has 1 aromatic rings. The number of carbonyl (C=O) groups is 2. The summed E-state index contributed by atoms with van der Waals surface area (Å²) >= 11 is 0. The van der Waals surface area contributed by atoms with Crippen molar-refractivity contribution in [2.75, 3.05) is 18.4 Å². The number of urea groups is 1. The van der Waals surface area contributed by atoms with Crippen LogP contribution in [0.15, 0.2) is 24.3 Å². The zero-order valence-electron chi connectivity index (χ0n) is 12.4. The van der Waals surface area contributed by atoms with Gasteiger partial charge in [0.05, 0.1) is 0 Å². The Hall–Kier alpha value is -2.28. The van der Waals surface area contributed by atoms with E-state index in [4.69, 9.17) is 10.5 Å². The number of aromatic hydroxyl groups is 1. The van der Waals surface area contributed by atoms with Crippen LogP contribution < -0.4 is 11.1 Å². The maximum Gasteiger partial charge on any atom is 0.418 e. The molecular weight excluding hydrogens is 274 g/mol. The summed E-state index contributed by atoms with van der Waals surface area (Å²) in [5, 5.41) is 11.9. The van der Waals surface area contributed by atoms with Crippen molar-refractivity contribution in [2.24, 2.45) is 5.73 Å². The highest BCUT2D eigenvalue weighted by Crippen LogP contribution is 2.16. The highest BCUT2D eigenvalue weighted by atomic mass is 16.6. The molecule has 0 aliphatic heterocycles. The highest BCUT2D eigenvalue weighted by molar-refractivity contribution is 5.99. The van der Waals surface area contributed by atoms with Crippen molar-refractivity contribution < 1.29 is 19.4 Å². The van der Waals surface area contributed by atoms with E-state index < -0.39 is 17.7 Å². The summed E-state index contributed by atoms with van der Waals surface area (Å²) in [6.07, 6.45) is -0.773. The molecule has 3 amide bonds. The molecule has 0 bridgehead atoms. The molecule has 0 atom stereocenters. The number of phenolic OH excluding ortho intramolecular Hbond substituents is 1. The molecule has 0 saturated carbocycles. The van der Waals surface area contributed by atoms with Crippen LogP contribution in [-0.4, -0.2) is 40.8 Å². The number of hydrogen-bond donors (Lipinski definition) is 3. The van der Waals surface area contributed by atoms with Crippen LogP contribution in [0.3, 0.4) is 0 Å².